The van der Waals surface area contributed by atoms with Crippen molar-refractivity contribution in [2.75, 3.05) is 6.54 Å². The second-order valence-electron chi connectivity index (χ2n) is 7.23. The Kier molecular flexibility index (Phi) is 3.35. The van der Waals surface area contributed by atoms with Gasteiger partial charge in [0.25, 0.3) is 0 Å². The predicted molar refractivity (Wildman–Crippen MR) is 83.0 cm³/mol. The molecular weight excluding hydrogens is 272 g/mol. The summed E-state index contributed by atoms with van der Waals surface area (Å²) in [5.41, 5.74) is 1.90. The fraction of sp³-hybridized carbons (Fsp3) is 0.688. The topological polar surface area (TPSA) is 44.6 Å². The zero-order valence-corrected chi connectivity index (χ0v) is 13.2. The summed E-state index contributed by atoms with van der Waals surface area (Å²) in [6, 6.07) is 0. The molecule has 110 valence electrons. The smallest absolute Gasteiger partial charge is 0.108 e. The minimum absolute atomic E-state index is 0.00811. The van der Waals surface area contributed by atoms with Crippen LogP contribution in [0.15, 0.2) is 27.9 Å². The molecule has 1 unspecified atom stereocenters. The number of allylic oxidation sites excluding steroid dienone is 2. The Balaban J connectivity index is 1.71. The summed E-state index contributed by atoms with van der Waals surface area (Å²) in [6.07, 6.45) is 7.21. The highest BCUT2D eigenvalue weighted by molar-refractivity contribution is 6.32. The van der Waals surface area contributed by atoms with Crippen LogP contribution in [0.3, 0.4) is 0 Å². The van der Waals surface area contributed by atoms with E-state index in [1.165, 1.54) is 19.3 Å². The standard InChI is InChI=1S/C16H23ClN2O/c1-15(2,3)18-9-12(20)11-6-5-10-13(19-11)14(17)16(10)7-4-8-16/h5-6,10,12,18,20H,4,7-9H2,1-3H3/t10?,12-/m0/s1. The van der Waals surface area contributed by atoms with Gasteiger partial charge in [-0.3, -0.25) is 4.99 Å². The van der Waals surface area contributed by atoms with Crippen LogP contribution in [-0.4, -0.2) is 29.0 Å². The molecule has 2 aliphatic carbocycles. The maximum absolute atomic E-state index is 10.2. The molecular formula is C16H23ClN2O. The van der Waals surface area contributed by atoms with Crippen molar-refractivity contribution in [2.45, 2.75) is 51.7 Å². The Morgan fingerprint density at radius 1 is 1.50 bits per heavy atom. The number of nitrogens with one attached hydrogen (secondary N) is 1. The normalized spacial score (nSPS) is 28.6. The van der Waals surface area contributed by atoms with E-state index in [4.69, 9.17) is 11.6 Å². The third kappa shape index (κ3) is 2.16. The summed E-state index contributed by atoms with van der Waals surface area (Å²) in [4.78, 5) is 4.60. The molecule has 3 nitrogen and oxygen atoms in total. The number of aliphatic imine (C=N–C) groups is 1. The molecule has 20 heavy (non-hydrogen) atoms. The van der Waals surface area contributed by atoms with E-state index >= 15 is 0 Å². The molecule has 4 heteroatoms. The van der Waals surface area contributed by atoms with Crippen LogP contribution >= 0.6 is 11.6 Å². The summed E-state index contributed by atoms with van der Waals surface area (Å²) >= 11 is 6.44. The second kappa shape index (κ2) is 4.69. The first-order chi connectivity index (χ1) is 9.33. The highest BCUT2D eigenvalue weighted by Gasteiger charge is 2.56. The Morgan fingerprint density at radius 2 is 2.20 bits per heavy atom. The van der Waals surface area contributed by atoms with Gasteiger partial charge in [-0.05, 0) is 39.7 Å². The molecule has 0 bridgehead atoms. The molecule has 0 aromatic rings. The fourth-order valence-electron chi connectivity index (χ4n) is 3.26. The molecule has 0 amide bonds. The molecule has 1 heterocycles. The Bertz CT molecular complexity index is 509. The second-order valence-corrected chi connectivity index (χ2v) is 7.61. The molecule has 1 fully saturated rings. The van der Waals surface area contributed by atoms with Crippen molar-refractivity contribution in [1.29, 1.82) is 0 Å². The maximum atomic E-state index is 10.2. The molecule has 1 aliphatic heterocycles. The predicted octanol–water partition coefficient (Wildman–Crippen LogP) is 3.00. The van der Waals surface area contributed by atoms with Crippen molar-refractivity contribution in [3.05, 3.63) is 22.9 Å². The van der Waals surface area contributed by atoms with Crippen molar-refractivity contribution < 1.29 is 5.11 Å². The molecule has 2 atom stereocenters. The summed E-state index contributed by atoms with van der Waals surface area (Å²) in [5.74, 6) is 0.385. The van der Waals surface area contributed by atoms with Gasteiger partial charge in [0.1, 0.15) is 6.10 Å². The van der Waals surface area contributed by atoms with E-state index in [1.807, 2.05) is 6.08 Å². The number of aliphatic hydroxyl groups is 1. The van der Waals surface area contributed by atoms with Crippen molar-refractivity contribution in [1.82, 2.24) is 5.32 Å². The van der Waals surface area contributed by atoms with Gasteiger partial charge in [0.2, 0.25) is 0 Å². The van der Waals surface area contributed by atoms with Gasteiger partial charge in [-0.2, -0.15) is 0 Å². The van der Waals surface area contributed by atoms with Crippen LogP contribution in [0.4, 0.5) is 0 Å². The molecule has 0 saturated heterocycles. The molecule has 0 aromatic heterocycles. The lowest BCUT2D eigenvalue weighted by Gasteiger charge is -2.55. The highest BCUT2D eigenvalue weighted by atomic mass is 35.5. The van der Waals surface area contributed by atoms with Crippen LogP contribution < -0.4 is 5.32 Å². The SMILES string of the molecule is CC(C)(C)NC[C@H](O)C1=NC2=C(Cl)C3(CCC3)C2C=C1. The maximum Gasteiger partial charge on any atom is 0.108 e. The number of halogens is 1. The van der Waals surface area contributed by atoms with Gasteiger partial charge < -0.3 is 10.4 Å². The Morgan fingerprint density at radius 3 is 2.75 bits per heavy atom. The molecule has 0 radical (unpaired) electrons. The first-order valence-electron chi connectivity index (χ1n) is 7.43. The third-order valence-electron chi connectivity index (χ3n) is 4.67. The summed E-state index contributed by atoms with van der Waals surface area (Å²) in [5, 5.41) is 14.5. The highest BCUT2D eigenvalue weighted by Crippen LogP contribution is 2.65. The fourth-order valence-corrected chi connectivity index (χ4v) is 3.72. The van der Waals surface area contributed by atoms with Gasteiger partial charge >= 0.3 is 0 Å². The zero-order chi connectivity index (χ0) is 14.5. The first-order valence-corrected chi connectivity index (χ1v) is 7.81. The molecule has 3 aliphatic rings. The number of hydrogen-bond donors (Lipinski definition) is 2. The zero-order valence-electron chi connectivity index (χ0n) is 12.4. The number of hydrogen-bond acceptors (Lipinski definition) is 3. The number of aliphatic hydroxyl groups excluding tert-OH is 1. The van der Waals surface area contributed by atoms with Crippen molar-refractivity contribution in [3.63, 3.8) is 0 Å². The summed E-state index contributed by atoms with van der Waals surface area (Å²) in [7, 11) is 0. The third-order valence-corrected chi connectivity index (χ3v) is 5.24. The largest absolute Gasteiger partial charge is 0.385 e. The van der Waals surface area contributed by atoms with E-state index in [1.54, 1.807) is 0 Å². The average molecular weight is 295 g/mol. The van der Waals surface area contributed by atoms with Gasteiger partial charge in [0, 0.05) is 28.4 Å². The van der Waals surface area contributed by atoms with Gasteiger partial charge in [0.15, 0.2) is 0 Å². The van der Waals surface area contributed by atoms with E-state index in [0.29, 0.717) is 12.5 Å². The molecule has 1 saturated carbocycles. The lowest BCUT2D eigenvalue weighted by Crippen LogP contribution is -2.48. The van der Waals surface area contributed by atoms with Crippen molar-refractivity contribution in [2.24, 2.45) is 16.3 Å². The van der Waals surface area contributed by atoms with Crippen LogP contribution in [0.2, 0.25) is 0 Å². The van der Waals surface area contributed by atoms with E-state index in [9.17, 15) is 5.11 Å². The van der Waals surface area contributed by atoms with E-state index in [2.05, 4.69) is 37.2 Å². The van der Waals surface area contributed by atoms with Crippen molar-refractivity contribution in [3.8, 4) is 0 Å². The van der Waals surface area contributed by atoms with Gasteiger partial charge in [0.05, 0.1) is 11.4 Å². The first kappa shape index (κ1) is 14.3. The monoisotopic (exact) mass is 294 g/mol. The van der Waals surface area contributed by atoms with Crippen LogP contribution in [0.1, 0.15) is 40.0 Å². The van der Waals surface area contributed by atoms with Crippen LogP contribution in [0.5, 0.6) is 0 Å². The van der Waals surface area contributed by atoms with Gasteiger partial charge in [-0.15, -0.1) is 0 Å². The number of dihydropyridines is 1. The molecule has 2 N–H and O–H groups in total. The quantitative estimate of drug-likeness (QED) is 0.840. The lowest BCUT2D eigenvalue weighted by atomic mass is 9.52. The van der Waals surface area contributed by atoms with Crippen LogP contribution in [0.25, 0.3) is 0 Å². The minimum atomic E-state index is -0.582. The average Bonchev–Trinajstić information content (AvgIpc) is 2.32. The van der Waals surface area contributed by atoms with E-state index < -0.39 is 6.10 Å². The lowest BCUT2D eigenvalue weighted by molar-refractivity contribution is 0.114. The van der Waals surface area contributed by atoms with Crippen molar-refractivity contribution >= 4 is 17.3 Å². The van der Waals surface area contributed by atoms with E-state index in [0.717, 1.165) is 16.4 Å². The number of fused-ring (bicyclic) bond motifs is 2. The summed E-state index contributed by atoms with van der Waals surface area (Å²) in [6.45, 7) is 6.76. The Labute approximate surface area is 125 Å². The Hall–Kier alpha value is -0.640. The number of rotatable bonds is 3. The molecule has 0 aromatic carbocycles. The summed E-state index contributed by atoms with van der Waals surface area (Å²) < 4.78 is 0. The van der Waals surface area contributed by atoms with Gasteiger partial charge in [-0.1, -0.05) is 24.1 Å². The van der Waals surface area contributed by atoms with Crippen LogP contribution in [-0.2, 0) is 0 Å². The van der Waals surface area contributed by atoms with Crippen LogP contribution in [0, 0.1) is 11.3 Å². The molecule has 1 spiro atoms. The molecule has 3 rings (SSSR count). The number of β-amino-alcohol motifs (C(OH)–C–C–N with tert-alkyl or cyclic N) is 1. The number of nitrogens with zero attached hydrogens (tertiary/aromatic N) is 1. The minimum Gasteiger partial charge on any atom is -0.385 e. The van der Waals surface area contributed by atoms with Gasteiger partial charge in [-0.25, -0.2) is 0 Å². The van der Waals surface area contributed by atoms with E-state index in [-0.39, 0.29) is 11.0 Å².